The van der Waals surface area contributed by atoms with Gasteiger partial charge in [0.1, 0.15) is 5.75 Å². The molecule has 0 aliphatic rings. The minimum absolute atomic E-state index is 0.283. The third-order valence-corrected chi connectivity index (χ3v) is 3.84. The maximum absolute atomic E-state index is 6.02. The normalized spacial score (nSPS) is 12.2. The zero-order chi connectivity index (χ0) is 14.5. The molecule has 0 aliphatic carbocycles. The molecule has 2 aromatic carbocycles. The predicted molar refractivity (Wildman–Crippen MR) is 84.4 cm³/mol. The summed E-state index contributed by atoms with van der Waals surface area (Å²) in [4.78, 5) is 0. The van der Waals surface area contributed by atoms with Gasteiger partial charge >= 0.3 is 0 Å². The Balaban J connectivity index is 2.33. The van der Waals surface area contributed by atoms with Crippen LogP contribution in [0.2, 0.25) is 0 Å². The fourth-order valence-electron chi connectivity index (χ4n) is 2.60. The van der Waals surface area contributed by atoms with Gasteiger partial charge in [0, 0.05) is 5.92 Å². The first-order valence-corrected chi connectivity index (χ1v) is 7.04. The van der Waals surface area contributed by atoms with E-state index in [1.54, 1.807) is 7.11 Å². The lowest BCUT2D eigenvalue weighted by Crippen LogP contribution is -2.16. The molecule has 0 saturated carbocycles. The molecule has 2 heteroatoms. The van der Waals surface area contributed by atoms with E-state index in [2.05, 4.69) is 50.2 Å². The van der Waals surface area contributed by atoms with Crippen LogP contribution >= 0.6 is 0 Å². The minimum atomic E-state index is 0.283. The van der Waals surface area contributed by atoms with E-state index in [0.717, 1.165) is 12.2 Å². The molecule has 106 valence electrons. The molecule has 0 radical (unpaired) electrons. The van der Waals surface area contributed by atoms with Gasteiger partial charge in [-0.05, 0) is 49.6 Å². The van der Waals surface area contributed by atoms with Gasteiger partial charge in [0.15, 0.2) is 0 Å². The van der Waals surface area contributed by atoms with Crippen LogP contribution in [0.4, 0.5) is 0 Å². The lowest BCUT2D eigenvalue weighted by molar-refractivity contribution is 0.405. The van der Waals surface area contributed by atoms with Crippen molar-refractivity contribution in [2.45, 2.75) is 26.2 Å². The van der Waals surface area contributed by atoms with Crippen molar-refractivity contribution < 1.29 is 4.74 Å². The molecule has 2 rings (SSSR count). The monoisotopic (exact) mass is 269 g/mol. The third kappa shape index (κ3) is 3.20. The van der Waals surface area contributed by atoms with Crippen LogP contribution in [0.25, 0.3) is 0 Å². The molecule has 0 aliphatic heterocycles. The van der Waals surface area contributed by atoms with Gasteiger partial charge in [0.25, 0.3) is 0 Å². The highest BCUT2D eigenvalue weighted by molar-refractivity contribution is 5.41. The van der Waals surface area contributed by atoms with Crippen molar-refractivity contribution in [1.82, 2.24) is 0 Å². The Labute approximate surface area is 121 Å². The first kappa shape index (κ1) is 14.6. The number of nitrogens with two attached hydrogens (primary N) is 1. The molecule has 1 atom stereocenters. The highest BCUT2D eigenvalue weighted by Gasteiger charge is 2.16. The molecule has 1 unspecified atom stereocenters. The number of hydrogen-bond acceptors (Lipinski definition) is 2. The first-order valence-electron chi connectivity index (χ1n) is 7.04. The van der Waals surface area contributed by atoms with Gasteiger partial charge in [0.2, 0.25) is 0 Å². The summed E-state index contributed by atoms with van der Waals surface area (Å²) in [5, 5.41) is 0. The summed E-state index contributed by atoms with van der Waals surface area (Å²) < 4.78 is 5.50. The van der Waals surface area contributed by atoms with Crippen molar-refractivity contribution >= 4 is 0 Å². The van der Waals surface area contributed by atoms with Crippen molar-refractivity contribution in [2.75, 3.05) is 13.7 Å². The fourth-order valence-corrected chi connectivity index (χ4v) is 2.60. The molecule has 0 amide bonds. The van der Waals surface area contributed by atoms with Crippen LogP contribution < -0.4 is 10.5 Å². The molecule has 0 heterocycles. The molecule has 20 heavy (non-hydrogen) atoms. The van der Waals surface area contributed by atoms with E-state index >= 15 is 0 Å². The second kappa shape index (κ2) is 6.58. The molecule has 0 bridgehead atoms. The Hall–Kier alpha value is -1.80. The van der Waals surface area contributed by atoms with Gasteiger partial charge in [-0.3, -0.25) is 0 Å². The summed E-state index contributed by atoms with van der Waals surface area (Å²) >= 11 is 0. The van der Waals surface area contributed by atoms with E-state index in [1.165, 1.54) is 22.3 Å². The summed E-state index contributed by atoms with van der Waals surface area (Å²) in [6, 6.07) is 14.8. The maximum Gasteiger partial charge on any atom is 0.122 e. The Morgan fingerprint density at radius 1 is 1.10 bits per heavy atom. The quantitative estimate of drug-likeness (QED) is 0.900. The van der Waals surface area contributed by atoms with Crippen molar-refractivity contribution in [3.05, 3.63) is 64.7 Å². The van der Waals surface area contributed by atoms with Crippen LogP contribution in [0, 0.1) is 13.8 Å². The smallest absolute Gasteiger partial charge is 0.122 e. The summed E-state index contributed by atoms with van der Waals surface area (Å²) in [6.45, 7) is 4.87. The van der Waals surface area contributed by atoms with Crippen molar-refractivity contribution in [1.29, 1.82) is 0 Å². The minimum Gasteiger partial charge on any atom is -0.496 e. The summed E-state index contributed by atoms with van der Waals surface area (Å²) in [7, 11) is 1.72. The lowest BCUT2D eigenvalue weighted by atomic mass is 9.89. The van der Waals surface area contributed by atoms with E-state index in [1.807, 2.05) is 6.07 Å². The van der Waals surface area contributed by atoms with Crippen LogP contribution in [0.15, 0.2) is 42.5 Å². The van der Waals surface area contributed by atoms with Crippen molar-refractivity contribution in [2.24, 2.45) is 5.73 Å². The van der Waals surface area contributed by atoms with Crippen LogP contribution in [-0.4, -0.2) is 13.7 Å². The summed E-state index contributed by atoms with van der Waals surface area (Å²) in [6.07, 6.45) is 0.947. The first-order chi connectivity index (χ1) is 9.65. The van der Waals surface area contributed by atoms with E-state index < -0.39 is 0 Å². The molecular weight excluding hydrogens is 246 g/mol. The van der Waals surface area contributed by atoms with Crippen molar-refractivity contribution in [3.63, 3.8) is 0 Å². The van der Waals surface area contributed by atoms with Crippen molar-refractivity contribution in [3.8, 4) is 5.75 Å². The van der Waals surface area contributed by atoms with Gasteiger partial charge < -0.3 is 10.5 Å². The molecule has 0 fully saturated rings. The van der Waals surface area contributed by atoms with Crippen LogP contribution in [0.3, 0.4) is 0 Å². The predicted octanol–water partition coefficient (Wildman–Crippen LogP) is 3.60. The molecule has 2 aromatic rings. The second-order valence-electron chi connectivity index (χ2n) is 5.31. The molecule has 2 N–H and O–H groups in total. The largest absolute Gasteiger partial charge is 0.496 e. The maximum atomic E-state index is 6.02. The number of rotatable bonds is 5. The number of methoxy groups -OCH3 is 1. The van der Waals surface area contributed by atoms with Gasteiger partial charge in [-0.15, -0.1) is 0 Å². The lowest BCUT2D eigenvalue weighted by Gasteiger charge is -2.20. The molecule has 2 nitrogen and oxygen atoms in total. The standard InChI is InChI=1S/C18H23NO/c1-13-8-9-18(20-3)17(10-13)16(12-19)11-15-7-5-4-6-14(15)2/h4-10,16H,11-12,19H2,1-3H3. The van der Waals surface area contributed by atoms with Gasteiger partial charge in [-0.25, -0.2) is 0 Å². The zero-order valence-corrected chi connectivity index (χ0v) is 12.5. The third-order valence-electron chi connectivity index (χ3n) is 3.84. The Morgan fingerprint density at radius 2 is 1.85 bits per heavy atom. The second-order valence-corrected chi connectivity index (χ2v) is 5.31. The Morgan fingerprint density at radius 3 is 2.50 bits per heavy atom. The Bertz CT molecular complexity index is 577. The van der Waals surface area contributed by atoms with E-state index in [0.29, 0.717) is 6.54 Å². The van der Waals surface area contributed by atoms with Crippen LogP contribution in [-0.2, 0) is 6.42 Å². The van der Waals surface area contributed by atoms with Gasteiger partial charge in [0.05, 0.1) is 7.11 Å². The SMILES string of the molecule is COc1ccc(C)cc1C(CN)Cc1ccccc1C. The topological polar surface area (TPSA) is 35.2 Å². The number of ether oxygens (including phenoxy) is 1. The molecular formula is C18H23NO. The van der Waals surface area contributed by atoms with Gasteiger partial charge in [-0.2, -0.15) is 0 Å². The summed E-state index contributed by atoms with van der Waals surface area (Å²) in [5.74, 6) is 1.21. The van der Waals surface area contributed by atoms with E-state index in [-0.39, 0.29) is 5.92 Å². The molecule has 0 aromatic heterocycles. The highest BCUT2D eigenvalue weighted by atomic mass is 16.5. The number of hydrogen-bond donors (Lipinski definition) is 1. The van der Waals surface area contributed by atoms with Crippen LogP contribution in [0.5, 0.6) is 5.75 Å². The van der Waals surface area contributed by atoms with Crippen LogP contribution in [0.1, 0.15) is 28.2 Å². The van der Waals surface area contributed by atoms with E-state index in [4.69, 9.17) is 10.5 Å². The number of benzene rings is 2. The molecule has 0 saturated heterocycles. The van der Waals surface area contributed by atoms with E-state index in [9.17, 15) is 0 Å². The number of aryl methyl sites for hydroxylation is 2. The van der Waals surface area contributed by atoms with Gasteiger partial charge in [-0.1, -0.05) is 42.0 Å². The zero-order valence-electron chi connectivity index (χ0n) is 12.5. The average molecular weight is 269 g/mol. The molecule has 0 spiro atoms. The highest BCUT2D eigenvalue weighted by Crippen LogP contribution is 2.30. The summed E-state index contributed by atoms with van der Waals surface area (Å²) in [5.41, 5.74) is 11.1. The Kier molecular flexibility index (Phi) is 4.80. The average Bonchev–Trinajstić information content (AvgIpc) is 2.46. The fraction of sp³-hybridized carbons (Fsp3) is 0.333.